The second kappa shape index (κ2) is 6.79. The van der Waals surface area contributed by atoms with E-state index in [9.17, 15) is 13.7 Å². The molecular formula is C18H15N3O3S. The van der Waals surface area contributed by atoms with E-state index in [0.717, 1.165) is 16.1 Å². The summed E-state index contributed by atoms with van der Waals surface area (Å²) < 4.78 is 31.3. The van der Waals surface area contributed by atoms with Gasteiger partial charge in [-0.3, -0.25) is 0 Å². The summed E-state index contributed by atoms with van der Waals surface area (Å²) in [5.41, 5.74) is 1.37. The van der Waals surface area contributed by atoms with Gasteiger partial charge in [-0.2, -0.15) is 10.2 Å². The summed E-state index contributed by atoms with van der Waals surface area (Å²) in [6, 6.07) is 20.0. The summed E-state index contributed by atoms with van der Waals surface area (Å²) in [4.78, 5) is 4.14. The zero-order valence-electron chi connectivity index (χ0n) is 13.5. The number of sulfonamides is 1. The molecule has 2 aromatic carbocycles. The molecule has 3 rings (SSSR count). The molecule has 0 spiro atoms. The fraction of sp³-hybridized carbons (Fsp3) is 0.111. The molecule has 0 radical (unpaired) electrons. The van der Waals surface area contributed by atoms with Crippen molar-refractivity contribution in [2.75, 3.05) is 10.6 Å². The van der Waals surface area contributed by atoms with Gasteiger partial charge >= 0.3 is 0 Å². The van der Waals surface area contributed by atoms with Crippen LogP contribution in [0.25, 0.3) is 11.5 Å². The lowest BCUT2D eigenvalue weighted by Crippen LogP contribution is -2.29. The topological polar surface area (TPSA) is 87.2 Å². The van der Waals surface area contributed by atoms with Gasteiger partial charge in [0.15, 0.2) is 0 Å². The van der Waals surface area contributed by atoms with E-state index < -0.39 is 10.0 Å². The Kier molecular flexibility index (Phi) is 4.55. The van der Waals surface area contributed by atoms with E-state index in [2.05, 4.69) is 4.98 Å². The summed E-state index contributed by atoms with van der Waals surface area (Å²) >= 11 is 0. The van der Waals surface area contributed by atoms with Gasteiger partial charge in [0.05, 0.1) is 12.8 Å². The Morgan fingerprint density at radius 3 is 2.24 bits per heavy atom. The zero-order chi connectivity index (χ0) is 17.9. The highest BCUT2D eigenvalue weighted by atomic mass is 32.2. The average molecular weight is 353 g/mol. The van der Waals surface area contributed by atoms with Crippen LogP contribution in [0.15, 0.2) is 65.1 Å². The van der Waals surface area contributed by atoms with Crippen molar-refractivity contribution in [2.45, 2.75) is 6.54 Å². The molecule has 0 aliphatic heterocycles. The highest BCUT2D eigenvalue weighted by Gasteiger charge is 2.27. The quantitative estimate of drug-likeness (QED) is 0.703. The fourth-order valence-electron chi connectivity index (χ4n) is 2.35. The summed E-state index contributed by atoms with van der Waals surface area (Å²) in [6.07, 6.45) is 1.07. The van der Waals surface area contributed by atoms with Gasteiger partial charge in [-0.25, -0.2) is 12.7 Å². The number of anilines is 1. The maximum atomic E-state index is 12.3. The van der Waals surface area contributed by atoms with Crippen LogP contribution in [0.4, 0.5) is 5.88 Å². The molecule has 0 unspecified atom stereocenters. The van der Waals surface area contributed by atoms with E-state index in [1.54, 1.807) is 24.3 Å². The number of hydrogen-bond donors (Lipinski definition) is 0. The number of hydrogen-bond acceptors (Lipinski definition) is 5. The largest absolute Gasteiger partial charge is 0.418 e. The molecule has 6 nitrogen and oxygen atoms in total. The van der Waals surface area contributed by atoms with E-state index in [1.165, 1.54) is 0 Å². The minimum absolute atomic E-state index is 0.0533. The van der Waals surface area contributed by atoms with Crippen LogP contribution >= 0.6 is 0 Å². The van der Waals surface area contributed by atoms with Crippen LogP contribution in [0.3, 0.4) is 0 Å². The summed E-state index contributed by atoms with van der Waals surface area (Å²) in [6.45, 7) is 0.0533. The number of rotatable bonds is 5. The highest BCUT2D eigenvalue weighted by molar-refractivity contribution is 7.92. The van der Waals surface area contributed by atoms with Crippen LogP contribution in [-0.2, 0) is 16.6 Å². The van der Waals surface area contributed by atoms with E-state index in [0.29, 0.717) is 5.56 Å². The zero-order valence-corrected chi connectivity index (χ0v) is 14.3. The number of nitriles is 1. The van der Waals surface area contributed by atoms with Gasteiger partial charge in [0.2, 0.25) is 27.5 Å². The predicted octanol–water partition coefficient (Wildman–Crippen LogP) is 3.18. The highest BCUT2D eigenvalue weighted by Crippen LogP contribution is 2.30. The third kappa shape index (κ3) is 3.70. The van der Waals surface area contributed by atoms with Gasteiger partial charge in [0, 0.05) is 5.56 Å². The summed E-state index contributed by atoms with van der Waals surface area (Å²) in [7, 11) is -3.67. The Bertz CT molecular complexity index is 1010. The molecule has 1 heterocycles. The van der Waals surface area contributed by atoms with Gasteiger partial charge in [-0.15, -0.1) is 0 Å². The molecule has 0 atom stereocenters. The summed E-state index contributed by atoms with van der Waals surface area (Å²) in [5, 5.41) is 9.37. The number of oxazole rings is 1. The Hall–Kier alpha value is -3.11. The van der Waals surface area contributed by atoms with E-state index in [4.69, 9.17) is 4.42 Å². The fourth-order valence-corrected chi connectivity index (χ4v) is 3.16. The molecule has 3 aromatic rings. The van der Waals surface area contributed by atoms with Crippen LogP contribution in [-0.4, -0.2) is 19.7 Å². The van der Waals surface area contributed by atoms with Gasteiger partial charge in [-0.1, -0.05) is 48.5 Å². The van der Waals surface area contributed by atoms with Crippen molar-refractivity contribution < 1.29 is 12.8 Å². The maximum Gasteiger partial charge on any atom is 0.248 e. The van der Waals surface area contributed by atoms with Crippen molar-refractivity contribution in [3.63, 3.8) is 0 Å². The molecule has 0 saturated carbocycles. The van der Waals surface area contributed by atoms with Crippen molar-refractivity contribution >= 4 is 15.9 Å². The van der Waals surface area contributed by atoms with Crippen LogP contribution in [0.2, 0.25) is 0 Å². The Morgan fingerprint density at radius 2 is 1.68 bits per heavy atom. The van der Waals surface area contributed by atoms with Crippen LogP contribution in [0, 0.1) is 11.3 Å². The number of benzene rings is 2. The normalized spacial score (nSPS) is 11.0. The minimum Gasteiger partial charge on any atom is -0.418 e. The van der Waals surface area contributed by atoms with Crippen molar-refractivity contribution in [1.29, 1.82) is 5.26 Å². The third-order valence-electron chi connectivity index (χ3n) is 3.53. The SMILES string of the molecule is CS(=O)(=O)N(Cc1ccccc1)c1oc(-c2ccccc2)nc1C#N. The second-order valence-corrected chi connectivity index (χ2v) is 7.31. The summed E-state index contributed by atoms with van der Waals surface area (Å²) in [5.74, 6) is 0.126. The van der Waals surface area contributed by atoms with E-state index >= 15 is 0 Å². The molecular weight excluding hydrogens is 338 g/mol. The number of aromatic nitrogens is 1. The lowest BCUT2D eigenvalue weighted by Gasteiger charge is -2.19. The van der Waals surface area contributed by atoms with Gasteiger partial charge in [0.1, 0.15) is 6.07 Å². The van der Waals surface area contributed by atoms with Crippen LogP contribution in [0.5, 0.6) is 0 Å². The Balaban J connectivity index is 2.07. The van der Waals surface area contributed by atoms with Gasteiger partial charge in [0.25, 0.3) is 0 Å². The maximum absolute atomic E-state index is 12.3. The molecule has 126 valence electrons. The van der Waals surface area contributed by atoms with Crippen molar-refractivity contribution in [2.24, 2.45) is 0 Å². The molecule has 0 fully saturated rings. The van der Waals surface area contributed by atoms with Crippen molar-refractivity contribution in [3.05, 3.63) is 71.9 Å². The molecule has 0 bridgehead atoms. The monoisotopic (exact) mass is 353 g/mol. The molecule has 0 saturated heterocycles. The molecule has 0 aliphatic rings. The molecule has 7 heteroatoms. The van der Waals surface area contributed by atoms with Gasteiger partial charge < -0.3 is 4.42 Å². The second-order valence-electron chi connectivity index (χ2n) is 5.41. The average Bonchev–Trinajstić information content (AvgIpc) is 3.04. The first-order valence-corrected chi connectivity index (χ1v) is 9.32. The minimum atomic E-state index is -3.67. The lowest BCUT2D eigenvalue weighted by atomic mass is 10.2. The predicted molar refractivity (Wildman–Crippen MR) is 94.1 cm³/mol. The number of nitrogens with zero attached hydrogens (tertiary/aromatic N) is 3. The molecule has 25 heavy (non-hydrogen) atoms. The van der Waals surface area contributed by atoms with Crippen molar-refractivity contribution in [1.82, 2.24) is 4.98 Å². The first kappa shape index (κ1) is 16.7. The van der Waals surface area contributed by atoms with E-state index in [1.807, 2.05) is 42.5 Å². The van der Waals surface area contributed by atoms with Crippen molar-refractivity contribution in [3.8, 4) is 17.5 Å². The lowest BCUT2D eigenvalue weighted by molar-refractivity contribution is 0.556. The molecule has 1 aromatic heterocycles. The van der Waals surface area contributed by atoms with Crippen LogP contribution < -0.4 is 4.31 Å². The smallest absolute Gasteiger partial charge is 0.248 e. The first-order valence-electron chi connectivity index (χ1n) is 7.47. The molecule has 0 amide bonds. The van der Waals surface area contributed by atoms with Crippen LogP contribution in [0.1, 0.15) is 11.3 Å². The first-order chi connectivity index (χ1) is 12.0. The van der Waals surface area contributed by atoms with E-state index in [-0.39, 0.29) is 24.0 Å². The third-order valence-corrected chi connectivity index (χ3v) is 4.63. The van der Waals surface area contributed by atoms with Gasteiger partial charge in [-0.05, 0) is 17.7 Å². The molecule has 0 aliphatic carbocycles. The standard InChI is InChI=1S/C18H15N3O3S/c1-25(22,23)21(13-14-8-4-2-5-9-14)18-16(12-19)20-17(24-18)15-10-6-3-7-11-15/h2-11H,13H2,1H3. The Morgan fingerprint density at radius 1 is 1.08 bits per heavy atom. The Labute approximate surface area is 146 Å². The molecule has 0 N–H and O–H groups in total.